The second-order valence-electron chi connectivity index (χ2n) is 5.75. The summed E-state index contributed by atoms with van der Waals surface area (Å²) in [6, 6.07) is 5.62. The van der Waals surface area contributed by atoms with Crippen molar-refractivity contribution >= 4 is 11.7 Å². The number of alkyl halides is 3. The predicted octanol–water partition coefficient (Wildman–Crippen LogP) is 3.23. The van der Waals surface area contributed by atoms with Crippen molar-refractivity contribution in [2.45, 2.75) is 38.0 Å². The van der Waals surface area contributed by atoms with E-state index in [0.717, 1.165) is 32.4 Å². The highest BCUT2D eigenvalue weighted by Gasteiger charge is 2.42. The summed E-state index contributed by atoms with van der Waals surface area (Å²) in [7, 11) is 0. The van der Waals surface area contributed by atoms with Crippen LogP contribution < -0.4 is 5.73 Å². The number of carbonyl (C=O) groups excluding carboxylic acids is 1. The molecule has 128 valence electrons. The summed E-state index contributed by atoms with van der Waals surface area (Å²) in [6.07, 6.45) is -3.78. The molecule has 1 aliphatic rings. The third kappa shape index (κ3) is 5.42. The van der Waals surface area contributed by atoms with Gasteiger partial charge in [-0.15, -0.1) is 0 Å². The van der Waals surface area contributed by atoms with Gasteiger partial charge < -0.3 is 15.4 Å². The van der Waals surface area contributed by atoms with Crippen LogP contribution in [0.25, 0.3) is 0 Å². The van der Waals surface area contributed by atoms with Gasteiger partial charge in [-0.3, -0.25) is 0 Å². The zero-order valence-corrected chi connectivity index (χ0v) is 12.8. The molecular weight excluding hydrogens is 309 g/mol. The first-order valence-corrected chi connectivity index (χ1v) is 7.72. The Morgan fingerprint density at radius 2 is 1.78 bits per heavy atom. The molecule has 1 heterocycles. The maximum Gasteiger partial charge on any atom is 0.425 e. The van der Waals surface area contributed by atoms with Gasteiger partial charge in [0, 0.05) is 18.7 Å². The van der Waals surface area contributed by atoms with Crippen LogP contribution in [0.3, 0.4) is 0 Å². The summed E-state index contributed by atoms with van der Waals surface area (Å²) in [5.41, 5.74) is 5.98. The quantitative estimate of drug-likeness (QED) is 0.665. The number of anilines is 1. The predicted molar refractivity (Wildman–Crippen MR) is 81.0 cm³/mol. The minimum atomic E-state index is -4.57. The zero-order valence-electron chi connectivity index (χ0n) is 12.8. The van der Waals surface area contributed by atoms with Gasteiger partial charge in [0.15, 0.2) is 6.10 Å². The van der Waals surface area contributed by atoms with Crippen LogP contribution in [0, 0.1) is 0 Å². The molecule has 2 rings (SSSR count). The van der Waals surface area contributed by atoms with Crippen molar-refractivity contribution in [3.05, 3.63) is 29.8 Å². The number of esters is 1. The van der Waals surface area contributed by atoms with Crippen LogP contribution in [0.2, 0.25) is 0 Å². The molecule has 0 amide bonds. The highest BCUT2D eigenvalue weighted by atomic mass is 19.4. The first kappa shape index (κ1) is 17.6. The first-order valence-electron chi connectivity index (χ1n) is 7.72. The van der Waals surface area contributed by atoms with Crippen molar-refractivity contribution in [2.75, 3.05) is 25.4 Å². The number of benzene rings is 1. The number of nitrogen functional groups attached to an aromatic ring is 1. The minimum Gasteiger partial charge on any atom is -0.449 e. The zero-order chi connectivity index (χ0) is 16.9. The number of nitrogens with zero attached hydrogens (tertiary/aromatic N) is 1. The van der Waals surface area contributed by atoms with Crippen LogP contribution in [0.15, 0.2) is 24.3 Å². The van der Waals surface area contributed by atoms with Crippen molar-refractivity contribution in [3.63, 3.8) is 0 Å². The molecule has 7 heteroatoms. The third-order valence-electron chi connectivity index (χ3n) is 3.92. The molecule has 2 N–H and O–H groups in total. The van der Waals surface area contributed by atoms with E-state index < -0.39 is 18.2 Å². The van der Waals surface area contributed by atoms with Crippen LogP contribution >= 0.6 is 0 Å². The second-order valence-corrected chi connectivity index (χ2v) is 5.75. The Kier molecular flexibility index (Phi) is 5.87. The van der Waals surface area contributed by atoms with Crippen LogP contribution in [0.1, 0.15) is 36.0 Å². The maximum absolute atomic E-state index is 13.1. The molecule has 1 saturated heterocycles. The molecule has 0 bridgehead atoms. The molecule has 0 aromatic heterocycles. The number of hydrogen-bond donors (Lipinski definition) is 1. The van der Waals surface area contributed by atoms with E-state index in [4.69, 9.17) is 10.5 Å². The highest BCUT2D eigenvalue weighted by molar-refractivity contribution is 5.89. The summed E-state index contributed by atoms with van der Waals surface area (Å²) in [5, 5.41) is 0. The summed E-state index contributed by atoms with van der Waals surface area (Å²) >= 11 is 0. The van der Waals surface area contributed by atoms with Gasteiger partial charge >= 0.3 is 12.1 Å². The Balaban J connectivity index is 1.95. The molecule has 0 radical (unpaired) electrons. The van der Waals surface area contributed by atoms with Gasteiger partial charge in [0.25, 0.3) is 0 Å². The number of piperidine rings is 1. The van der Waals surface area contributed by atoms with E-state index in [0.29, 0.717) is 5.69 Å². The minimum absolute atomic E-state index is 0.0615. The fraction of sp³-hybridized carbons (Fsp3) is 0.562. The number of halogens is 3. The monoisotopic (exact) mass is 330 g/mol. The summed E-state index contributed by atoms with van der Waals surface area (Å²) in [6.45, 7) is 1.88. The average molecular weight is 330 g/mol. The number of nitrogens with two attached hydrogens (primary N) is 1. The van der Waals surface area contributed by atoms with Gasteiger partial charge in [0.2, 0.25) is 0 Å². The van der Waals surface area contributed by atoms with Gasteiger partial charge in [-0.2, -0.15) is 13.2 Å². The van der Waals surface area contributed by atoms with Gasteiger partial charge in [-0.25, -0.2) is 4.79 Å². The summed E-state index contributed by atoms with van der Waals surface area (Å²) < 4.78 is 44.0. The fourth-order valence-corrected chi connectivity index (χ4v) is 2.59. The Morgan fingerprint density at radius 3 is 2.35 bits per heavy atom. The van der Waals surface area contributed by atoms with Crippen molar-refractivity contribution in [2.24, 2.45) is 0 Å². The molecule has 1 fully saturated rings. The third-order valence-corrected chi connectivity index (χ3v) is 3.92. The van der Waals surface area contributed by atoms with Crippen LogP contribution in [-0.2, 0) is 4.74 Å². The lowest BCUT2D eigenvalue weighted by atomic mass is 10.1. The van der Waals surface area contributed by atoms with Gasteiger partial charge in [-0.05, 0) is 50.2 Å². The Labute approximate surface area is 133 Å². The standard InChI is InChI=1S/C16H21F3N2O2/c17-16(18,19)14(8-11-21-9-2-1-3-10-21)23-15(22)12-4-6-13(20)7-5-12/h4-7,14H,1-3,8-11,20H2. The van der Waals surface area contributed by atoms with E-state index in [9.17, 15) is 18.0 Å². The normalized spacial score (nSPS) is 17.7. The van der Waals surface area contributed by atoms with E-state index in [1.807, 2.05) is 4.90 Å². The van der Waals surface area contributed by atoms with Gasteiger partial charge in [0.1, 0.15) is 0 Å². The molecular formula is C16H21F3N2O2. The smallest absolute Gasteiger partial charge is 0.425 e. The summed E-state index contributed by atoms with van der Waals surface area (Å²) in [5.74, 6) is -0.981. The number of carbonyl (C=O) groups is 1. The largest absolute Gasteiger partial charge is 0.449 e. The SMILES string of the molecule is Nc1ccc(C(=O)OC(CCN2CCCCC2)C(F)(F)F)cc1. The number of rotatable bonds is 5. The molecule has 1 aromatic carbocycles. The number of hydrogen-bond acceptors (Lipinski definition) is 4. The van der Waals surface area contributed by atoms with Crippen molar-refractivity contribution in [3.8, 4) is 0 Å². The van der Waals surface area contributed by atoms with E-state index in [1.165, 1.54) is 24.3 Å². The molecule has 0 aliphatic carbocycles. The van der Waals surface area contributed by atoms with E-state index in [-0.39, 0.29) is 18.5 Å². The Bertz CT molecular complexity index is 511. The molecule has 1 atom stereocenters. The molecule has 4 nitrogen and oxygen atoms in total. The Morgan fingerprint density at radius 1 is 1.17 bits per heavy atom. The fourth-order valence-electron chi connectivity index (χ4n) is 2.59. The van der Waals surface area contributed by atoms with E-state index in [1.54, 1.807) is 0 Å². The average Bonchev–Trinajstić information content (AvgIpc) is 2.51. The number of likely N-dealkylation sites (tertiary alicyclic amines) is 1. The lowest BCUT2D eigenvalue weighted by Crippen LogP contribution is -2.39. The van der Waals surface area contributed by atoms with Gasteiger partial charge in [0.05, 0.1) is 5.56 Å². The van der Waals surface area contributed by atoms with Crippen LogP contribution in [0.4, 0.5) is 18.9 Å². The van der Waals surface area contributed by atoms with Crippen molar-refractivity contribution < 1.29 is 22.7 Å². The molecule has 1 unspecified atom stereocenters. The van der Waals surface area contributed by atoms with E-state index in [2.05, 4.69) is 0 Å². The maximum atomic E-state index is 13.1. The highest BCUT2D eigenvalue weighted by Crippen LogP contribution is 2.27. The van der Waals surface area contributed by atoms with Crippen molar-refractivity contribution in [1.29, 1.82) is 0 Å². The Hall–Kier alpha value is -1.76. The molecule has 0 saturated carbocycles. The molecule has 23 heavy (non-hydrogen) atoms. The topological polar surface area (TPSA) is 55.6 Å². The van der Waals surface area contributed by atoms with E-state index >= 15 is 0 Å². The lowest BCUT2D eigenvalue weighted by molar-refractivity contribution is -0.206. The molecule has 0 spiro atoms. The second kappa shape index (κ2) is 7.68. The molecule has 1 aliphatic heterocycles. The van der Waals surface area contributed by atoms with Crippen LogP contribution in [-0.4, -0.2) is 42.8 Å². The summed E-state index contributed by atoms with van der Waals surface area (Å²) in [4.78, 5) is 13.9. The molecule has 1 aromatic rings. The number of ether oxygens (including phenoxy) is 1. The first-order chi connectivity index (χ1) is 10.9. The van der Waals surface area contributed by atoms with Crippen LogP contribution in [0.5, 0.6) is 0 Å². The lowest BCUT2D eigenvalue weighted by Gasteiger charge is -2.28. The van der Waals surface area contributed by atoms with Crippen molar-refractivity contribution in [1.82, 2.24) is 4.90 Å². The van der Waals surface area contributed by atoms with Gasteiger partial charge in [-0.1, -0.05) is 6.42 Å².